The summed E-state index contributed by atoms with van der Waals surface area (Å²) in [4.78, 5) is 34.2. The van der Waals surface area contributed by atoms with Gasteiger partial charge in [-0.3, -0.25) is 14.9 Å². The van der Waals surface area contributed by atoms with E-state index in [4.69, 9.17) is 15.6 Å². The third-order valence-corrected chi connectivity index (χ3v) is 3.14. The number of rotatable bonds is 4. The van der Waals surface area contributed by atoms with E-state index in [0.29, 0.717) is 0 Å². The van der Waals surface area contributed by atoms with Gasteiger partial charge in [0, 0.05) is 18.2 Å². The minimum absolute atomic E-state index is 0.0433. The number of nitrogens with zero attached hydrogens (tertiary/aromatic N) is 2. The molecule has 1 fully saturated rings. The van der Waals surface area contributed by atoms with Crippen LogP contribution in [0.1, 0.15) is 10.4 Å². The van der Waals surface area contributed by atoms with Gasteiger partial charge in [0.05, 0.1) is 18.1 Å². The highest BCUT2D eigenvalue weighted by Gasteiger charge is 2.30. The zero-order chi connectivity index (χ0) is 15.6. The van der Waals surface area contributed by atoms with E-state index >= 15 is 0 Å². The molecule has 1 heterocycles. The summed E-state index contributed by atoms with van der Waals surface area (Å²) in [6.45, 7) is 0.361. The number of morpholine rings is 1. The fourth-order valence-electron chi connectivity index (χ4n) is 2.10. The van der Waals surface area contributed by atoms with Gasteiger partial charge < -0.3 is 20.5 Å². The fraction of sp³-hybridized carbons (Fsp3) is 0.333. The molecule has 0 saturated carbocycles. The number of hydrogen-bond acceptors (Lipinski definition) is 6. The minimum atomic E-state index is -1.14. The van der Waals surface area contributed by atoms with Crippen LogP contribution in [-0.2, 0) is 9.53 Å². The van der Waals surface area contributed by atoms with Crippen molar-refractivity contribution in [2.24, 2.45) is 5.73 Å². The lowest BCUT2D eigenvalue weighted by Gasteiger charge is -2.32. The average Bonchev–Trinajstić information content (AvgIpc) is 2.46. The van der Waals surface area contributed by atoms with Gasteiger partial charge in [-0.15, -0.1) is 0 Å². The number of carboxylic acid groups (broad SMARTS) is 1. The molecule has 1 amide bonds. The number of primary amides is 1. The van der Waals surface area contributed by atoms with Crippen LogP contribution in [0.25, 0.3) is 0 Å². The fourth-order valence-corrected chi connectivity index (χ4v) is 2.10. The van der Waals surface area contributed by atoms with Crippen LogP contribution in [0.4, 0.5) is 11.4 Å². The molecular weight excluding hydrogens is 282 g/mol. The molecule has 3 N–H and O–H groups in total. The molecule has 1 unspecified atom stereocenters. The van der Waals surface area contributed by atoms with Crippen molar-refractivity contribution in [3.63, 3.8) is 0 Å². The van der Waals surface area contributed by atoms with E-state index in [-0.39, 0.29) is 36.6 Å². The highest BCUT2D eigenvalue weighted by atomic mass is 16.6. The number of nitro groups is 1. The van der Waals surface area contributed by atoms with E-state index in [1.165, 1.54) is 23.1 Å². The average molecular weight is 295 g/mol. The first-order valence-corrected chi connectivity index (χ1v) is 6.07. The van der Waals surface area contributed by atoms with E-state index in [0.717, 1.165) is 0 Å². The van der Waals surface area contributed by atoms with Crippen LogP contribution in [0.15, 0.2) is 18.2 Å². The van der Waals surface area contributed by atoms with Gasteiger partial charge >= 0.3 is 5.97 Å². The lowest BCUT2D eigenvalue weighted by Crippen LogP contribution is -2.46. The maximum absolute atomic E-state index is 11.2. The van der Waals surface area contributed by atoms with Gasteiger partial charge in [-0.1, -0.05) is 0 Å². The zero-order valence-electron chi connectivity index (χ0n) is 10.9. The molecule has 112 valence electrons. The second-order valence-electron chi connectivity index (χ2n) is 4.47. The number of nitrogens with two attached hydrogens (primary N) is 1. The van der Waals surface area contributed by atoms with Crippen LogP contribution in [-0.4, -0.2) is 47.7 Å². The molecule has 0 aliphatic carbocycles. The standard InChI is InChI=1S/C12H13N3O6/c13-11(16)7-1-2-8(15(19)20)9(5-7)14-3-4-21-10(6-14)12(17)18/h1-2,5,10H,3-4,6H2,(H2,13,16)(H,17,18). The summed E-state index contributed by atoms with van der Waals surface area (Å²) in [5.74, 6) is -1.86. The van der Waals surface area contributed by atoms with Crippen molar-refractivity contribution in [2.45, 2.75) is 6.10 Å². The minimum Gasteiger partial charge on any atom is -0.479 e. The van der Waals surface area contributed by atoms with Crippen molar-refractivity contribution in [1.82, 2.24) is 0 Å². The number of amides is 1. The largest absolute Gasteiger partial charge is 0.479 e. The number of aliphatic carboxylic acids is 1. The Bertz CT molecular complexity index is 603. The van der Waals surface area contributed by atoms with Gasteiger partial charge in [0.1, 0.15) is 5.69 Å². The molecule has 0 radical (unpaired) electrons. The van der Waals surface area contributed by atoms with E-state index in [2.05, 4.69) is 0 Å². The first-order chi connectivity index (χ1) is 9.90. The Morgan fingerprint density at radius 2 is 2.19 bits per heavy atom. The summed E-state index contributed by atoms with van der Waals surface area (Å²) in [5.41, 5.74) is 5.23. The van der Waals surface area contributed by atoms with E-state index in [1.54, 1.807) is 0 Å². The molecule has 1 aliphatic rings. The predicted molar refractivity (Wildman–Crippen MR) is 71.2 cm³/mol. The van der Waals surface area contributed by atoms with Crippen molar-refractivity contribution in [2.75, 3.05) is 24.6 Å². The first-order valence-electron chi connectivity index (χ1n) is 6.07. The Morgan fingerprint density at radius 1 is 1.48 bits per heavy atom. The molecule has 0 aromatic heterocycles. The summed E-state index contributed by atoms with van der Waals surface area (Å²) in [6.07, 6.45) is -1.07. The highest BCUT2D eigenvalue weighted by Crippen LogP contribution is 2.30. The molecule has 1 atom stereocenters. The van der Waals surface area contributed by atoms with E-state index in [1.807, 2.05) is 0 Å². The van der Waals surface area contributed by atoms with Crippen LogP contribution >= 0.6 is 0 Å². The number of hydrogen-bond donors (Lipinski definition) is 2. The molecule has 0 bridgehead atoms. The van der Waals surface area contributed by atoms with Gasteiger partial charge in [0.25, 0.3) is 5.69 Å². The van der Waals surface area contributed by atoms with Crippen molar-refractivity contribution in [3.05, 3.63) is 33.9 Å². The monoisotopic (exact) mass is 295 g/mol. The van der Waals surface area contributed by atoms with Crippen molar-refractivity contribution >= 4 is 23.3 Å². The quantitative estimate of drug-likeness (QED) is 0.588. The number of anilines is 1. The Morgan fingerprint density at radius 3 is 2.76 bits per heavy atom. The molecule has 1 aromatic carbocycles. The molecule has 21 heavy (non-hydrogen) atoms. The molecule has 1 saturated heterocycles. The topological polar surface area (TPSA) is 136 Å². The SMILES string of the molecule is NC(=O)c1ccc([N+](=O)[O-])c(N2CCOC(C(=O)O)C2)c1. The second-order valence-corrected chi connectivity index (χ2v) is 4.47. The molecule has 1 aliphatic heterocycles. The van der Waals surface area contributed by atoms with Crippen LogP contribution in [0.3, 0.4) is 0 Å². The number of carboxylic acids is 1. The molecule has 9 nitrogen and oxygen atoms in total. The summed E-state index contributed by atoms with van der Waals surface area (Å²) in [6, 6.07) is 3.74. The number of carbonyl (C=O) groups excluding carboxylic acids is 1. The summed E-state index contributed by atoms with van der Waals surface area (Å²) in [7, 11) is 0. The second kappa shape index (κ2) is 5.75. The van der Waals surface area contributed by atoms with Gasteiger partial charge in [0.15, 0.2) is 6.10 Å². The number of benzene rings is 1. The smallest absolute Gasteiger partial charge is 0.334 e. The van der Waals surface area contributed by atoms with Gasteiger partial charge in [-0.05, 0) is 12.1 Å². The summed E-state index contributed by atoms with van der Waals surface area (Å²) < 4.78 is 5.07. The molecule has 2 rings (SSSR count). The summed E-state index contributed by atoms with van der Waals surface area (Å²) in [5, 5.41) is 20.0. The van der Waals surface area contributed by atoms with E-state index < -0.39 is 22.9 Å². The maximum Gasteiger partial charge on any atom is 0.334 e. The van der Waals surface area contributed by atoms with Crippen LogP contribution in [0.2, 0.25) is 0 Å². The van der Waals surface area contributed by atoms with Crippen LogP contribution < -0.4 is 10.6 Å². The first kappa shape index (κ1) is 14.7. The molecule has 0 spiro atoms. The van der Waals surface area contributed by atoms with Crippen molar-refractivity contribution < 1.29 is 24.4 Å². The third-order valence-electron chi connectivity index (χ3n) is 3.14. The normalized spacial score (nSPS) is 18.3. The lowest BCUT2D eigenvalue weighted by atomic mass is 10.1. The molecule has 9 heteroatoms. The van der Waals surface area contributed by atoms with E-state index in [9.17, 15) is 19.7 Å². The third kappa shape index (κ3) is 3.08. The van der Waals surface area contributed by atoms with Crippen LogP contribution in [0, 0.1) is 10.1 Å². The van der Waals surface area contributed by atoms with Crippen molar-refractivity contribution in [1.29, 1.82) is 0 Å². The number of nitro benzene ring substituents is 1. The maximum atomic E-state index is 11.2. The van der Waals surface area contributed by atoms with Gasteiger partial charge in [0.2, 0.25) is 5.91 Å². The number of ether oxygens (including phenoxy) is 1. The Labute approximate surface area is 119 Å². The Hall–Kier alpha value is -2.68. The summed E-state index contributed by atoms with van der Waals surface area (Å²) >= 11 is 0. The Balaban J connectivity index is 2.40. The zero-order valence-corrected chi connectivity index (χ0v) is 10.9. The molecule has 1 aromatic rings. The highest BCUT2D eigenvalue weighted by molar-refractivity contribution is 5.94. The van der Waals surface area contributed by atoms with Crippen LogP contribution in [0.5, 0.6) is 0 Å². The Kier molecular flexibility index (Phi) is 4.03. The lowest BCUT2D eigenvalue weighted by molar-refractivity contribution is -0.384. The molecular formula is C12H13N3O6. The number of carbonyl (C=O) groups is 2. The predicted octanol–water partition coefficient (Wildman–Crippen LogP) is -0.0165. The van der Waals surface area contributed by atoms with Crippen molar-refractivity contribution in [3.8, 4) is 0 Å². The van der Waals surface area contributed by atoms with Gasteiger partial charge in [-0.2, -0.15) is 0 Å². The van der Waals surface area contributed by atoms with Gasteiger partial charge in [-0.25, -0.2) is 4.79 Å².